The first-order chi connectivity index (χ1) is 9.00. The van der Waals surface area contributed by atoms with Gasteiger partial charge in [-0.05, 0) is 51.2 Å². The highest BCUT2D eigenvalue weighted by Gasteiger charge is 2.31. The lowest BCUT2D eigenvalue weighted by Crippen LogP contribution is -2.51. The minimum atomic E-state index is -0.462. The summed E-state index contributed by atoms with van der Waals surface area (Å²) in [5.74, 6) is 0.899. The number of hydrogen-bond acceptors (Lipinski definition) is 3. The number of hydrogen-bond donors (Lipinski definition) is 2. The third-order valence-corrected chi connectivity index (χ3v) is 4.05. The Kier molecular flexibility index (Phi) is 4.48. The molecule has 106 valence electrons. The molecule has 1 aromatic carbocycles. The minimum Gasteiger partial charge on any atom is -0.490 e. The van der Waals surface area contributed by atoms with Crippen LogP contribution in [0.4, 0.5) is 0 Å². The molecular weight excluding hydrogens is 238 g/mol. The Morgan fingerprint density at radius 3 is 2.47 bits per heavy atom. The molecule has 0 heterocycles. The van der Waals surface area contributed by atoms with Crippen molar-refractivity contribution < 1.29 is 9.84 Å². The number of β-amino-alcohol motifs (C(OH)–C–C–N with tert-alkyl or cyclic N) is 1. The van der Waals surface area contributed by atoms with E-state index in [1.54, 1.807) is 0 Å². The van der Waals surface area contributed by atoms with Crippen LogP contribution in [0.15, 0.2) is 18.2 Å². The summed E-state index contributed by atoms with van der Waals surface area (Å²) in [6.07, 6.45) is 3.24. The van der Waals surface area contributed by atoms with Crippen LogP contribution in [0.25, 0.3) is 0 Å². The lowest BCUT2D eigenvalue weighted by atomic mass is 9.78. The zero-order valence-electron chi connectivity index (χ0n) is 12.2. The van der Waals surface area contributed by atoms with E-state index in [1.165, 1.54) is 19.3 Å². The maximum absolute atomic E-state index is 9.99. The van der Waals surface area contributed by atoms with Gasteiger partial charge in [-0.2, -0.15) is 0 Å². The third-order valence-electron chi connectivity index (χ3n) is 4.05. The normalized spacial score (nSPS) is 18.7. The molecule has 3 nitrogen and oxygen atoms in total. The van der Waals surface area contributed by atoms with Crippen LogP contribution < -0.4 is 10.1 Å². The van der Waals surface area contributed by atoms with Crippen molar-refractivity contribution in [1.82, 2.24) is 5.32 Å². The number of aryl methyl sites for hydroxylation is 2. The first-order valence-electron chi connectivity index (χ1n) is 7.12. The number of ether oxygens (including phenoxy) is 1. The SMILES string of the molecule is Cc1cccc(C)c1OCC(O)CNC1(C)CCC1. The van der Waals surface area contributed by atoms with Gasteiger partial charge in [-0.25, -0.2) is 0 Å². The summed E-state index contributed by atoms with van der Waals surface area (Å²) in [6, 6.07) is 6.08. The molecule has 3 heteroatoms. The number of para-hydroxylation sites is 1. The van der Waals surface area contributed by atoms with Crippen molar-refractivity contribution in [3.63, 3.8) is 0 Å². The van der Waals surface area contributed by atoms with E-state index in [1.807, 2.05) is 32.0 Å². The first-order valence-corrected chi connectivity index (χ1v) is 7.12. The summed E-state index contributed by atoms with van der Waals surface area (Å²) in [7, 11) is 0. The maximum Gasteiger partial charge on any atom is 0.125 e. The second-order valence-electron chi connectivity index (χ2n) is 5.98. The van der Waals surface area contributed by atoms with Crippen molar-refractivity contribution in [2.24, 2.45) is 0 Å². The monoisotopic (exact) mass is 263 g/mol. The molecule has 0 radical (unpaired) electrons. The van der Waals surface area contributed by atoms with Gasteiger partial charge in [0, 0.05) is 12.1 Å². The predicted octanol–water partition coefficient (Wildman–Crippen LogP) is 2.58. The van der Waals surface area contributed by atoms with Crippen molar-refractivity contribution in [2.75, 3.05) is 13.2 Å². The molecule has 0 aliphatic heterocycles. The zero-order valence-corrected chi connectivity index (χ0v) is 12.2. The van der Waals surface area contributed by atoms with Crippen LogP contribution in [0.3, 0.4) is 0 Å². The Labute approximate surface area is 116 Å². The van der Waals surface area contributed by atoms with E-state index in [4.69, 9.17) is 4.74 Å². The molecule has 2 N–H and O–H groups in total. The average molecular weight is 263 g/mol. The van der Waals surface area contributed by atoms with Crippen molar-refractivity contribution in [3.8, 4) is 5.75 Å². The largest absolute Gasteiger partial charge is 0.490 e. The van der Waals surface area contributed by atoms with Crippen LogP contribution in [0.2, 0.25) is 0 Å². The molecule has 1 atom stereocenters. The molecule has 1 aliphatic carbocycles. The molecule has 1 aliphatic rings. The van der Waals surface area contributed by atoms with Crippen LogP contribution in [0.1, 0.15) is 37.3 Å². The van der Waals surface area contributed by atoms with Gasteiger partial charge >= 0.3 is 0 Å². The van der Waals surface area contributed by atoms with Gasteiger partial charge in [0.2, 0.25) is 0 Å². The Morgan fingerprint density at radius 1 is 1.32 bits per heavy atom. The highest BCUT2D eigenvalue weighted by atomic mass is 16.5. The van der Waals surface area contributed by atoms with E-state index in [2.05, 4.69) is 12.2 Å². The number of benzene rings is 1. The van der Waals surface area contributed by atoms with Crippen molar-refractivity contribution >= 4 is 0 Å². The fraction of sp³-hybridized carbons (Fsp3) is 0.625. The Hall–Kier alpha value is -1.06. The minimum absolute atomic E-state index is 0.236. The number of rotatable bonds is 6. The molecule has 0 amide bonds. The van der Waals surface area contributed by atoms with E-state index in [0.717, 1.165) is 16.9 Å². The van der Waals surface area contributed by atoms with E-state index in [9.17, 15) is 5.11 Å². The van der Waals surface area contributed by atoms with Crippen LogP contribution in [0.5, 0.6) is 5.75 Å². The average Bonchev–Trinajstić information content (AvgIpc) is 2.33. The Bertz CT molecular complexity index is 407. The molecule has 1 unspecified atom stereocenters. The van der Waals surface area contributed by atoms with Gasteiger partial charge in [-0.15, -0.1) is 0 Å². The van der Waals surface area contributed by atoms with Crippen LogP contribution >= 0.6 is 0 Å². The number of aliphatic hydroxyl groups is 1. The fourth-order valence-corrected chi connectivity index (χ4v) is 2.51. The molecule has 1 aromatic rings. The van der Waals surface area contributed by atoms with Gasteiger partial charge < -0.3 is 15.2 Å². The number of aliphatic hydroxyl groups excluding tert-OH is 1. The highest BCUT2D eigenvalue weighted by Crippen LogP contribution is 2.30. The second kappa shape index (κ2) is 5.93. The van der Waals surface area contributed by atoms with Gasteiger partial charge in [-0.1, -0.05) is 18.2 Å². The summed E-state index contributed by atoms with van der Waals surface area (Å²) in [6.45, 7) is 7.22. The fourth-order valence-electron chi connectivity index (χ4n) is 2.51. The third kappa shape index (κ3) is 3.71. The summed E-state index contributed by atoms with van der Waals surface area (Å²) < 4.78 is 5.76. The molecule has 1 saturated carbocycles. The summed E-state index contributed by atoms with van der Waals surface area (Å²) in [4.78, 5) is 0. The van der Waals surface area contributed by atoms with Gasteiger partial charge in [0.1, 0.15) is 18.5 Å². The zero-order chi connectivity index (χ0) is 13.9. The summed E-state index contributed by atoms with van der Waals surface area (Å²) >= 11 is 0. The lowest BCUT2D eigenvalue weighted by Gasteiger charge is -2.40. The van der Waals surface area contributed by atoms with E-state index >= 15 is 0 Å². The van der Waals surface area contributed by atoms with E-state index in [-0.39, 0.29) is 5.54 Å². The first kappa shape index (κ1) is 14.4. The summed E-state index contributed by atoms with van der Waals surface area (Å²) in [5.41, 5.74) is 2.47. The molecular formula is C16H25NO2. The quantitative estimate of drug-likeness (QED) is 0.829. The van der Waals surface area contributed by atoms with E-state index < -0.39 is 6.10 Å². The highest BCUT2D eigenvalue weighted by molar-refractivity contribution is 5.39. The van der Waals surface area contributed by atoms with Crippen LogP contribution in [-0.4, -0.2) is 29.9 Å². The lowest BCUT2D eigenvalue weighted by molar-refractivity contribution is 0.0862. The second-order valence-corrected chi connectivity index (χ2v) is 5.98. The molecule has 1 fully saturated rings. The van der Waals surface area contributed by atoms with Crippen molar-refractivity contribution in [3.05, 3.63) is 29.3 Å². The van der Waals surface area contributed by atoms with Crippen molar-refractivity contribution in [2.45, 2.75) is 51.7 Å². The predicted molar refractivity (Wildman–Crippen MR) is 77.7 cm³/mol. The van der Waals surface area contributed by atoms with Gasteiger partial charge in [0.15, 0.2) is 0 Å². The summed E-state index contributed by atoms with van der Waals surface area (Å²) in [5, 5.41) is 13.4. The molecule has 19 heavy (non-hydrogen) atoms. The topological polar surface area (TPSA) is 41.5 Å². The van der Waals surface area contributed by atoms with Gasteiger partial charge in [0.05, 0.1) is 0 Å². The van der Waals surface area contributed by atoms with E-state index in [0.29, 0.717) is 13.2 Å². The number of nitrogens with one attached hydrogen (secondary N) is 1. The van der Waals surface area contributed by atoms with Gasteiger partial charge in [-0.3, -0.25) is 0 Å². The maximum atomic E-state index is 9.99. The smallest absolute Gasteiger partial charge is 0.125 e. The molecule has 0 saturated heterocycles. The van der Waals surface area contributed by atoms with Crippen LogP contribution in [0, 0.1) is 13.8 Å². The van der Waals surface area contributed by atoms with Crippen molar-refractivity contribution in [1.29, 1.82) is 0 Å². The molecule has 0 bridgehead atoms. The Balaban J connectivity index is 1.78. The molecule has 0 aromatic heterocycles. The standard InChI is InChI=1S/C16H25NO2/c1-12-6-4-7-13(2)15(12)19-11-14(18)10-17-16(3)8-5-9-16/h4,6-7,14,17-18H,5,8-11H2,1-3H3. The van der Waals surface area contributed by atoms with Crippen LogP contribution in [-0.2, 0) is 0 Å². The molecule has 2 rings (SSSR count). The van der Waals surface area contributed by atoms with Gasteiger partial charge in [0.25, 0.3) is 0 Å². The Morgan fingerprint density at radius 2 is 1.95 bits per heavy atom. The molecule has 0 spiro atoms.